The van der Waals surface area contributed by atoms with Crippen molar-refractivity contribution in [1.29, 1.82) is 5.26 Å². The average Bonchev–Trinajstić information content (AvgIpc) is 3.67. The van der Waals surface area contributed by atoms with Crippen molar-refractivity contribution < 1.29 is 72.2 Å². The molecule has 1 saturated heterocycles. The molecule has 1 aliphatic carbocycles. The van der Waals surface area contributed by atoms with Crippen LogP contribution in [0.2, 0.25) is 5.02 Å². The van der Waals surface area contributed by atoms with Gasteiger partial charge in [-0.3, -0.25) is 9.62 Å². The topological polar surface area (TPSA) is 357 Å². The van der Waals surface area contributed by atoms with Crippen LogP contribution < -0.4 is 10.5 Å². The van der Waals surface area contributed by atoms with E-state index in [1.807, 2.05) is 12.3 Å². The monoisotopic (exact) mass is 970 g/mol. The van der Waals surface area contributed by atoms with Crippen LogP contribution in [0.25, 0.3) is 22.2 Å². The number of likely N-dealkylation sites (N-methyl/N-ethyl adjacent to an activating group) is 1. The summed E-state index contributed by atoms with van der Waals surface area (Å²) >= 11 is 6.10. The summed E-state index contributed by atoms with van der Waals surface area (Å²) in [7, 11) is -2.05. The summed E-state index contributed by atoms with van der Waals surface area (Å²) in [5.74, 6) is -8.01. The zero-order valence-electron chi connectivity index (χ0n) is 35.3. The number of fused-ring (bicyclic) bond motifs is 1. The Kier molecular flexibility index (Phi) is 20.1. The molecule has 6 rings (SSSR count). The largest absolute Gasteiger partial charge is 0.478 e. The number of hydrogen-bond acceptors (Lipinski definition) is 14. The van der Waals surface area contributed by atoms with Crippen molar-refractivity contribution in [3.63, 3.8) is 0 Å². The zero-order chi connectivity index (χ0) is 50.0. The van der Waals surface area contributed by atoms with Crippen molar-refractivity contribution >= 4 is 80.0 Å². The van der Waals surface area contributed by atoms with Gasteiger partial charge in [-0.25, -0.2) is 51.5 Å². The minimum Gasteiger partial charge on any atom is -0.478 e. The van der Waals surface area contributed by atoms with E-state index in [2.05, 4.69) is 36.1 Å². The van der Waals surface area contributed by atoms with E-state index in [1.165, 1.54) is 36.7 Å². The second-order valence-electron chi connectivity index (χ2n) is 14.3. The van der Waals surface area contributed by atoms with E-state index in [4.69, 9.17) is 53.2 Å². The molecular weight excluding hydrogens is 927 g/mol. The van der Waals surface area contributed by atoms with E-state index in [0.29, 0.717) is 70.5 Å². The molecule has 22 nitrogen and oxygen atoms in total. The molecule has 9 N–H and O–H groups in total. The fourth-order valence-electron chi connectivity index (χ4n) is 6.68. The van der Waals surface area contributed by atoms with Gasteiger partial charge in [-0.1, -0.05) is 17.7 Å². The van der Waals surface area contributed by atoms with Crippen LogP contribution in [0, 0.1) is 17.1 Å². The number of nitrogen functional groups attached to an aromatic ring is 1. The van der Waals surface area contributed by atoms with Gasteiger partial charge in [0.25, 0.3) is 10.0 Å². The molecule has 2 aromatic heterocycles. The first kappa shape index (κ1) is 53.6. The Morgan fingerprint density at radius 2 is 1.27 bits per heavy atom. The number of rotatable bonds is 12. The number of halogens is 2. The number of nitrogens with one attached hydrogen (secondary N) is 1. The van der Waals surface area contributed by atoms with Gasteiger partial charge in [-0.15, -0.1) is 0 Å². The van der Waals surface area contributed by atoms with Crippen molar-refractivity contribution in [2.45, 2.75) is 42.7 Å². The Morgan fingerprint density at radius 1 is 0.776 bits per heavy atom. The SMILES string of the molecule is CN1CCN(C2CCC(n3cc(-c4ccc(NS(=O)(=O)c5ccc(C#N)cc5Cl)c(F)c4)c4c(N)ncnc43)CC2)CC1.O=C(O)/C=C\C(=O)O.O=C(O)/C=C\C(=O)O.O=C(O)/C=C\C(=O)O. The number of piperazine rings is 1. The van der Waals surface area contributed by atoms with Crippen LogP contribution in [0.5, 0.6) is 0 Å². The molecule has 0 amide bonds. The number of nitriles is 1. The lowest BCUT2D eigenvalue weighted by Gasteiger charge is -2.41. The molecule has 25 heteroatoms. The second kappa shape index (κ2) is 25.1. The van der Waals surface area contributed by atoms with Gasteiger partial charge in [-0.2, -0.15) is 5.26 Å². The Morgan fingerprint density at radius 3 is 1.72 bits per heavy atom. The second-order valence-corrected chi connectivity index (χ2v) is 16.4. The van der Waals surface area contributed by atoms with Crippen molar-refractivity contribution in [3.05, 3.63) is 102 Å². The Bertz CT molecular complexity index is 2590. The summed E-state index contributed by atoms with van der Waals surface area (Å²) in [6.07, 6.45) is 10.9. The minimum absolute atomic E-state index is 0.135. The van der Waals surface area contributed by atoms with Crippen LogP contribution in [0.1, 0.15) is 37.3 Å². The summed E-state index contributed by atoms with van der Waals surface area (Å²) in [6.45, 7) is 4.40. The number of carbonyl (C=O) groups is 6. The lowest BCUT2D eigenvalue weighted by molar-refractivity contribution is -0.134. The lowest BCUT2D eigenvalue weighted by Crippen LogP contribution is -2.49. The quantitative estimate of drug-likeness (QED) is 0.0929. The highest BCUT2D eigenvalue weighted by Crippen LogP contribution is 2.40. The molecule has 2 aliphatic rings. The average molecular weight is 971 g/mol. The third-order valence-electron chi connectivity index (χ3n) is 9.73. The van der Waals surface area contributed by atoms with Crippen LogP contribution in [-0.2, 0) is 38.8 Å². The third kappa shape index (κ3) is 17.0. The molecule has 67 heavy (non-hydrogen) atoms. The van der Waals surface area contributed by atoms with Crippen molar-refractivity contribution in [1.82, 2.24) is 24.3 Å². The standard InChI is InChI=1S/C30H32ClFN8O2S.3C4H4O4/c1-38-10-12-39(13-11-38)21-4-6-22(7-5-21)40-17-23(28-29(34)35-18-36-30(28)40)20-3-8-26(25(32)15-20)37-43(41,42)27-9-2-19(16-33)14-24(27)31;3*5-3(6)1-2-4(7)8/h2-3,8-9,14-15,17-18,21-22,37H,4-7,10-13H2,1H3,(H2,34,35,36);3*1-2H,(H,5,6)(H,7,8)/b;3*2-1-. The molecule has 1 aliphatic heterocycles. The van der Waals surface area contributed by atoms with Crippen molar-refractivity contribution in [2.75, 3.05) is 43.7 Å². The Hall–Kier alpha value is -7.72. The first-order valence-electron chi connectivity index (χ1n) is 19.5. The van der Waals surface area contributed by atoms with Gasteiger partial charge in [0.1, 0.15) is 28.5 Å². The maximum Gasteiger partial charge on any atom is 0.328 e. The maximum absolute atomic E-state index is 15.4. The van der Waals surface area contributed by atoms with Gasteiger partial charge >= 0.3 is 35.8 Å². The predicted octanol–water partition coefficient (Wildman–Crippen LogP) is 4.01. The highest BCUT2D eigenvalue weighted by molar-refractivity contribution is 7.92. The van der Waals surface area contributed by atoms with Gasteiger partial charge in [0, 0.05) is 86.5 Å². The number of hydrogen-bond donors (Lipinski definition) is 8. The third-order valence-corrected chi connectivity index (χ3v) is 11.6. The Balaban J connectivity index is 0.000000406. The molecule has 0 unspecified atom stereocenters. The van der Waals surface area contributed by atoms with E-state index in [-0.39, 0.29) is 27.2 Å². The number of aliphatic carboxylic acids is 6. The van der Waals surface area contributed by atoms with Crippen LogP contribution >= 0.6 is 11.6 Å². The number of aromatic nitrogens is 3. The predicted molar refractivity (Wildman–Crippen MR) is 238 cm³/mol. The van der Waals surface area contributed by atoms with Gasteiger partial charge in [-0.05, 0) is 68.6 Å². The number of nitrogens with two attached hydrogens (primary N) is 1. The Labute approximate surface area is 386 Å². The van der Waals surface area contributed by atoms with Gasteiger partial charge in [0.2, 0.25) is 0 Å². The summed E-state index contributed by atoms with van der Waals surface area (Å²) in [5, 5.41) is 56.4. The van der Waals surface area contributed by atoms with Crippen LogP contribution in [0.4, 0.5) is 15.9 Å². The summed E-state index contributed by atoms with van der Waals surface area (Å²) < 4.78 is 45.8. The van der Waals surface area contributed by atoms with Crippen molar-refractivity contribution in [2.24, 2.45) is 0 Å². The molecule has 2 aromatic carbocycles. The fraction of sp³-hybridized carbons (Fsp3) is 0.262. The molecule has 1 saturated carbocycles. The molecular formula is C42H44ClFN8O14S. The fourth-order valence-corrected chi connectivity index (χ4v) is 8.29. The number of sulfonamides is 1. The molecule has 356 valence electrons. The van der Waals surface area contributed by atoms with E-state index in [1.54, 1.807) is 6.07 Å². The molecule has 2 fully saturated rings. The van der Waals surface area contributed by atoms with Gasteiger partial charge in [0.05, 0.1) is 27.7 Å². The summed E-state index contributed by atoms with van der Waals surface area (Å²) in [5.41, 5.74) is 8.20. The van der Waals surface area contributed by atoms with Crippen LogP contribution in [-0.4, -0.2) is 138 Å². The van der Waals surface area contributed by atoms with E-state index >= 15 is 4.39 Å². The van der Waals surface area contributed by atoms with Gasteiger partial charge in [0.15, 0.2) is 0 Å². The molecule has 0 atom stereocenters. The molecule has 0 radical (unpaired) electrons. The number of carboxylic acid groups (broad SMARTS) is 6. The van der Waals surface area contributed by atoms with E-state index in [0.717, 1.165) is 51.9 Å². The first-order chi connectivity index (χ1) is 31.5. The lowest BCUT2D eigenvalue weighted by atomic mass is 9.89. The first-order valence-corrected chi connectivity index (χ1v) is 21.4. The number of anilines is 2. The van der Waals surface area contributed by atoms with Crippen LogP contribution in [0.15, 0.2) is 90.3 Å². The molecule has 0 bridgehead atoms. The number of nitrogens with zero attached hydrogens (tertiary/aromatic N) is 6. The zero-order valence-corrected chi connectivity index (χ0v) is 36.8. The summed E-state index contributed by atoms with van der Waals surface area (Å²) in [6, 6.07) is 10.8. The molecule has 4 aromatic rings. The van der Waals surface area contributed by atoms with E-state index in [9.17, 15) is 37.2 Å². The minimum atomic E-state index is -4.22. The normalized spacial score (nSPS) is 16.4. The maximum atomic E-state index is 15.4. The molecule has 0 spiro atoms. The number of carboxylic acids is 6. The highest BCUT2D eigenvalue weighted by Gasteiger charge is 2.30. The van der Waals surface area contributed by atoms with Crippen LogP contribution in [0.3, 0.4) is 0 Å². The summed E-state index contributed by atoms with van der Waals surface area (Å²) in [4.78, 5) is 70.8. The van der Waals surface area contributed by atoms with Crippen molar-refractivity contribution in [3.8, 4) is 17.2 Å². The number of benzene rings is 2. The van der Waals surface area contributed by atoms with Gasteiger partial charge < -0.3 is 45.8 Å². The van der Waals surface area contributed by atoms with E-state index < -0.39 is 51.7 Å². The smallest absolute Gasteiger partial charge is 0.328 e. The highest BCUT2D eigenvalue weighted by atomic mass is 35.5. The molecule has 3 heterocycles.